The molecule has 1 saturated heterocycles. The summed E-state index contributed by atoms with van der Waals surface area (Å²) < 4.78 is 5.57. The Bertz CT molecular complexity index is 942. The molecule has 2 aromatic carbocycles. The number of nitrogens with one attached hydrogen (secondary N) is 2. The Balaban J connectivity index is 1.54. The Kier molecular flexibility index (Phi) is 7.83. The number of anilines is 2. The molecule has 0 spiro atoms. The van der Waals surface area contributed by atoms with Crippen LogP contribution in [-0.2, 0) is 9.59 Å². The summed E-state index contributed by atoms with van der Waals surface area (Å²) in [5, 5.41) is 5.99. The Morgan fingerprint density at radius 1 is 1.03 bits per heavy atom. The van der Waals surface area contributed by atoms with Gasteiger partial charge in [-0.3, -0.25) is 14.9 Å². The van der Waals surface area contributed by atoms with Crippen LogP contribution in [0.3, 0.4) is 0 Å². The van der Waals surface area contributed by atoms with Crippen molar-refractivity contribution < 1.29 is 14.3 Å². The smallest absolute Gasteiger partial charge is 0.264 e. The number of ether oxygens (including phenoxy) is 1. The van der Waals surface area contributed by atoms with E-state index in [0.29, 0.717) is 25.3 Å². The van der Waals surface area contributed by atoms with Gasteiger partial charge in [0, 0.05) is 32.6 Å². The number of benzene rings is 2. The summed E-state index contributed by atoms with van der Waals surface area (Å²) in [7, 11) is 0. The van der Waals surface area contributed by atoms with Crippen molar-refractivity contribution in [2.24, 2.45) is 0 Å². The number of aryl methyl sites for hydroxylation is 1. The summed E-state index contributed by atoms with van der Waals surface area (Å²) in [6.45, 7) is 6.56. The number of piperazine rings is 1. The second kappa shape index (κ2) is 10.8. The van der Waals surface area contributed by atoms with Crippen molar-refractivity contribution in [2.45, 2.75) is 20.3 Å². The Labute approximate surface area is 188 Å². The van der Waals surface area contributed by atoms with Gasteiger partial charge in [0.05, 0.1) is 11.4 Å². The lowest BCUT2D eigenvalue weighted by molar-refractivity contribution is -0.131. The van der Waals surface area contributed by atoms with Gasteiger partial charge >= 0.3 is 0 Å². The molecule has 0 unspecified atom stereocenters. The number of hydrogen-bond donors (Lipinski definition) is 2. The van der Waals surface area contributed by atoms with Crippen molar-refractivity contribution in [3.8, 4) is 5.75 Å². The molecular formula is C23H28N4O3S. The van der Waals surface area contributed by atoms with Crippen molar-refractivity contribution >= 4 is 40.5 Å². The number of hydrogen-bond acceptors (Lipinski definition) is 5. The zero-order valence-electron chi connectivity index (χ0n) is 17.9. The van der Waals surface area contributed by atoms with E-state index >= 15 is 0 Å². The quantitative estimate of drug-likeness (QED) is 0.673. The van der Waals surface area contributed by atoms with Gasteiger partial charge in [-0.25, -0.2) is 0 Å². The second-order valence-electron chi connectivity index (χ2n) is 7.30. The van der Waals surface area contributed by atoms with Crippen LogP contribution >= 0.6 is 12.2 Å². The highest BCUT2D eigenvalue weighted by Gasteiger charge is 2.21. The monoisotopic (exact) mass is 440 g/mol. The molecule has 0 aliphatic carbocycles. The molecule has 8 heteroatoms. The molecule has 7 nitrogen and oxygen atoms in total. The summed E-state index contributed by atoms with van der Waals surface area (Å²) in [5.41, 5.74) is 2.76. The predicted octanol–water partition coefficient (Wildman–Crippen LogP) is 2.95. The molecule has 164 valence electrons. The van der Waals surface area contributed by atoms with Crippen LogP contribution in [0.15, 0.2) is 48.5 Å². The van der Waals surface area contributed by atoms with Crippen LogP contribution < -0.4 is 20.3 Å². The molecule has 1 aliphatic heterocycles. The molecular weight excluding hydrogens is 412 g/mol. The fourth-order valence-corrected chi connectivity index (χ4v) is 3.68. The molecule has 0 aromatic heterocycles. The normalized spacial score (nSPS) is 13.5. The van der Waals surface area contributed by atoms with E-state index in [-0.39, 0.29) is 23.5 Å². The highest BCUT2D eigenvalue weighted by Crippen LogP contribution is 2.26. The van der Waals surface area contributed by atoms with Crippen molar-refractivity contribution in [1.29, 1.82) is 0 Å². The van der Waals surface area contributed by atoms with Gasteiger partial charge in [-0.1, -0.05) is 37.3 Å². The standard InChI is InChI=1S/C23H28N4O3S/c1-3-22(29)27-14-12-26(13-15-27)19-10-6-5-9-18(19)24-23(31)25-21(28)16-30-20-11-7-4-8-17(20)2/h4-11H,3,12-16H2,1-2H3,(H2,24,25,28,31). The van der Waals surface area contributed by atoms with Crippen LogP contribution in [0.1, 0.15) is 18.9 Å². The zero-order valence-corrected chi connectivity index (χ0v) is 18.7. The molecule has 0 radical (unpaired) electrons. The molecule has 31 heavy (non-hydrogen) atoms. The first-order valence-electron chi connectivity index (χ1n) is 10.4. The minimum atomic E-state index is -0.329. The summed E-state index contributed by atoms with van der Waals surface area (Å²) in [6.07, 6.45) is 0.527. The fourth-order valence-electron chi connectivity index (χ4n) is 3.45. The third-order valence-corrected chi connectivity index (χ3v) is 5.34. The maximum Gasteiger partial charge on any atom is 0.264 e. The topological polar surface area (TPSA) is 73.9 Å². The van der Waals surface area contributed by atoms with Crippen molar-refractivity contribution in [3.05, 3.63) is 54.1 Å². The summed E-state index contributed by atoms with van der Waals surface area (Å²) in [5.74, 6) is 0.523. The van der Waals surface area contributed by atoms with E-state index in [4.69, 9.17) is 17.0 Å². The van der Waals surface area contributed by atoms with Gasteiger partial charge < -0.3 is 19.9 Å². The number of para-hydroxylation sites is 3. The van der Waals surface area contributed by atoms with E-state index in [1.807, 2.05) is 67.3 Å². The number of carbonyl (C=O) groups excluding carboxylic acids is 2. The van der Waals surface area contributed by atoms with Crippen LogP contribution in [-0.4, -0.2) is 54.6 Å². The van der Waals surface area contributed by atoms with E-state index < -0.39 is 0 Å². The largest absolute Gasteiger partial charge is 0.483 e. The average Bonchev–Trinajstić information content (AvgIpc) is 2.78. The molecule has 2 N–H and O–H groups in total. The van der Waals surface area contributed by atoms with Crippen LogP contribution in [0, 0.1) is 6.92 Å². The maximum atomic E-state index is 12.2. The molecule has 1 fully saturated rings. The molecule has 0 saturated carbocycles. The van der Waals surface area contributed by atoms with Gasteiger partial charge in [0.15, 0.2) is 11.7 Å². The number of nitrogens with zero attached hydrogens (tertiary/aromatic N) is 2. The minimum absolute atomic E-state index is 0.123. The van der Waals surface area contributed by atoms with E-state index in [1.54, 1.807) is 0 Å². The van der Waals surface area contributed by atoms with Crippen molar-refractivity contribution in [2.75, 3.05) is 43.0 Å². The van der Waals surface area contributed by atoms with E-state index in [2.05, 4.69) is 15.5 Å². The summed E-state index contributed by atoms with van der Waals surface area (Å²) in [4.78, 5) is 28.3. The highest BCUT2D eigenvalue weighted by atomic mass is 32.1. The van der Waals surface area contributed by atoms with Gasteiger partial charge in [-0.15, -0.1) is 0 Å². The zero-order chi connectivity index (χ0) is 22.2. The molecule has 0 bridgehead atoms. The highest BCUT2D eigenvalue weighted by molar-refractivity contribution is 7.80. The first-order valence-corrected chi connectivity index (χ1v) is 10.8. The fraction of sp³-hybridized carbons (Fsp3) is 0.348. The lowest BCUT2D eigenvalue weighted by Gasteiger charge is -2.37. The first-order chi connectivity index (χ1) is 15.0. The van der Waals surface area contributed by atoms with Gasteiger partial charge in [0.2, 0.25) is 5.91 Å². The number of amides is 2. The van der Waals surface area contributed by atoms with Crippen LogP contribution in [0.25, 0.3) is 0 Å². The maximum absolute atomic E-state index is 12.2. The van der Waals surface area contributed by atoms with Gasteiger partial charge in [0.25, 0.3) is 5.91 Å². The predicted molar refractivity (Wildman–Crippen MR) is 127 cm³/mol. The first kappa shape index (κ1) is 22.6. The van der Waals surface area contributed by atoms with E-state index in [1.165, 1.54) is 0 Å². The Morgan fingerprint density at radius 3 is 2.42 bits per heavy atom. The van der Waals surface area contributed by atoms with Crippen LogP contribution in [0.2, 0.25) is 0 Å². The second-order valence-corrected chi connectivity index (χ2v) is 7.70. The average molecular weight is 441 g/mol. The van der Waals surface area contributed by atoms with Crippen LogP contribution in [0.5, 0.6) is 5.75 Å². The molecule has 1 heterocycles. The van der Waals surface area contributed by atoms with Crippen LogP contribution in [0.4, 0.5) is 11.4 Å². The lowest BCUT2D eigenvalue weighted by Crippen LogP contribution is -2.48. The lowest BCUT2D eigenvalue weighted by atomic mass is 10.2. The van der Waals surface area contributed by atoms with Gasteiger partial charge in [0.1, 0.15) is 5.75 Å². The molecule has 2 aromatic rings. The minimum Gasteiger partial charge on any atom is -0.483 e. The SMILES string of the molecule is CCC(=O)N1CCN(c2ccccc2NC(=S)NC(=O)COc2ccccc2C)CC1. The van der Waals surface area contributed by atoms with E-state index in [9.17, 15) is 9.59 Å². The Hall–Kier alpha value is -3.13. The van der Waals surface area contributed by atoms with E-state index in [0.717, 1.165) is 30.0 Å². The molecule has 3 rings (SSSR count). The molecule has 0 atom stereocenters. The third-order valence-electron chi connectivity index (χ3n) is 5.13. The number of rotatable bonds is 6. The van der Waals surface area contributed by atoms with Crippen molar-refractivity contribution in [3.63, 3.8) is 0 Å². The van der Waals surface area contributed by atoms with Crippen molar-refractivity contribution in [1.82, 2.24) is 10.2 Å². The number of carbonyl (C=O) groups is 2. The van der Waals surface area contributed by atoms with Gasteiger partial charge in [-0.05, 0) is 42.9 Å². The number of thiocarbonyl (C=S) groups is 1. The van der Waals surface area contributed by atoms with Gasteiger partial charge in [-0.2, -0.15) is 0 Å². The summed E-state index contributed by atoms with van der Waals surface area (Å²) >= 11 is 5.33. The Morgan fingerprint density at radius 2 is 1.71 bits per heavy atom. The molecule has 2 amide bonds. The molecule has 1 aliphatic rings. The third kappa shape index (κ3) is 6.18. The summed E-state index contributed by atoms with van der Waals surface area (Å²) in [6, 6.07) is 15.3.